The minimum atomic E-state index is -1.35. The van der Waals surface area contributed by atoms with Crippen molar-refractivity contribution in [3.05, 3.63) is 126 Å². The fourth-order valence-electron chi connectivity index (χ4n) is 5.44. The first kappa shape index (κ1) is 32.3. The Bertz CT molecular complexity index is 1640. The smallest absolute Gasteiger partial charge is 0.266 e. The molecule has 238 valence electrons. The maximum absolute atomic E-state index is 14.2. The number of aliphatic hydroxyl groups excluding tert-OH is 1. The Morgan fingerprint density at radius 3 is 2.33 bits per heavy atom. The van der Waals surface area contributed by atoms with Gasteiger partial charge in [-0.15, -0.1) is 6.58 Å². The van der Waals surface area contributed by atoms with Gasteiger partial charge in [0.15, 0.2) is 23.1 Å². The molecule has 0 saturated carbocycles. The molecule has 9 nitrogen and oxygen atoms in total. The zero-order chi connectivity index (χ0) is 32.4. The Hall–Kier alpha value is -5.12. The van der Waals surface area contributed by atoms with Crippen molar-refractivity contribution in [1.82, 2.24) is 10.9 Å². The Labute approximate surface area is 269 Å². The van der Waals surface area contributed by atoms with Crippen LogP contribution in [0.2, 0.25) is 0 Å². The van der Waals surface area contributed by atoms with Crippen LogP contribution < -0.4 is 25.1 Å². The zero-order valence-electron chi connectivity index (χ0n) is 26.1. The number of carbonyl (C=O) groups is 1. The molecule has 0 unspecified atom stereocenters. The minimum Gasteiger partial charge on any atom is -0.494 e. The minimum absolute atomic E-state index is 0.0613. The van der Waals surface area contributed by atoms with E-state index < -0.39 is 11.6 Å². The van der Waals surface area contributed by atoms with Crippen LogP contribution in [0.3, 0.4) is 0 Å². The lowest BCUT2D eigenvalue weighted by atomic mass is 9.84. The van der Waals surface area contributed by atoms with Gasteiger partial charge in [-0.05, 0) is 47.0 Å². The third-order valence-electron chi connectivity index (χ3n) is 7.77. The van der Waals surface area contributed by atoms with Crippen molar-refractivity contribution in [3.8, 4) is 28.4 Å². The topological polar surface area (TPSA) is 111 Å². The zero-order valence-corrected chi connectivity index (χ0v) is 26.1. The van der Waals surface area contributed by atoms with E-state index in [0.29, 0.717) is 41.7 Å². The number of aliphatic imine (C=N–C) groups is 1. The number of amides is 1. The van der Waals surface area contributed by atoms with Gasteiger partial charge in [0.25, 0.3) is 5.91 Å². The van der Waals surface area contributed by atoms with E-state index in [4.69, 9.17) is 29.0 Å². The summed E-state index contributed by atoms with van der Waals surface area (Å²) >= 11 is 0. The van der Waals surface area contributed by atoms with E-state index >= 15 is 0 Å². The number of nitrogens with one attached hydrogen (secondary N) is 2. The normalized spacial score (nSPS) is 17.0. The molecule has 0 radical (unpaired) electrons. The number of nitrogens with zero attached hydrogens (tertiary/aromatic N) is 1. The number of aliphatic hydroxyl groups is 1. The number of hydrogen-bond acceptors (Lipinski definition) is 8. The monoisotopic (exact) mass is 621 g/mol. The number of hydrazine groups is 1. The quantitative estimate of drug-likeness (QED) is 0.0876. The van der Waals surface area contributed by atoms with Crippen molar-refractivity contribution < 1.29 is 28.8 Å². The summed E-state index contributed by atoms with van der Waals surface area (Å²) in [5.74, 6) is 1.81. The largest absolute Gasteiger partial charge is 0.494 e. The standard InChI is InChI=1S/C37H39N3O6/c1-4-22-37(36(42)40-38-25-30-12-8-13-32(43-2)33(30)44-3)34(28-16-14-27(15-17-28)26-10-6-5-7-11-26)46-35(39-37)29-18-20-31(21-19-29)45-24-9-23-41/h4-8,10-21,34,38,41H,1,9,22-25H2,2-3H3,(H,40,42)/t34-,37-/m0/s1. The van der Waals surface area contributed by atoms with Crippen molar-refractivity contribution in [1.29, 1.82) is 0 Å². The Balaban J connectivity index is 1.44. The van der Waals surface area contributed by atoms with Crippen LogP contribution in [-0.4, -0.2) is 49.9 Å². The first-order chi connectivity index (χ1) is 22.5. The molecule has 46 heavy (non-hydrogen) atoms. The lowest BCUT2D eigenvalue weighted by Crippen LogP contribution is -2.52. The molecule has 0 fully saturated rings. The van der Waals surface area contributed by atoms with E-state index in [2.05, 4.69) is 29.6 Å². The maximum Gasteiger partial charge on any atom is 0.266 e. The molecule has 4 aromatic rings. The fraction of sp³-hybridized carbons (Fsp3) is 0.243. The summed E-state index contributed by atoms with van der Waals surface area (Å²) in [6.45, 7) is 4.71. The summed E-state index contributed by atoms with van der Waals surface area (Å²) in [5.41, 5.74) is 9.02. The predicted molar refractivity (Wildman–Crippen MR) is 178 cm³/mol. The second-order valence-electron chi connectivity index (χ2n) is 10.7. The molecule has 1 aliphatic rings. The molecule has 2 atom stereocenters. The van der Waals surface area contributed by atoms with Crippen molar-refractivity contribution >= 4 is 11.8 Å². The van der Waals surface area contributed by atoms with Crippen LogP contribution in [0.1, 0.15) is 35.6 Å². The highest BCUT2D eigenvalue weighted by Crippen LogP contribution is 2.43. The molecule has 1 amide bonds. The summed E-state index contributed by atoms with van der Waals surface area (Å²) in [4.78, 5) is 19.1. The highest BCUT2D eigenvalue weighted by Gasteiger charge is 2.52. The molecule has 5 rings (SSSR count). The van der Waals surface area contributed by atoms with Gasteiger partial charge in [0.2, 0.25) is 5.90 Å². The molecule has 0 spiro atoms. The van der Waals surface area contributed by atoms with E-state index in [1.165, 1.54) is 0 Å². The van der Waals surface area contributed by atoms with E-state index in [1.807, 2.05) is 84.9 Å². The van der Waals surface area contributed by atoms with Gasteiger partial charge in [0.1, 0.15) is 5.75 Å². The second-order valence-corrected chi connectivity index (χ2v) is 10.7. The Morgan fingerprint density at radius 2 is 1.65 bits per heavy atom. The van der Waals surface area contributed by atoms with Crippen molar-refractivity contribution in [3.63, 3.8) is 0 Å². The summed E-state index contributed by atoms with van der Waals surface area (Å²) in [7, 11) is 3.16. The highest BCUT2D eigenvalue weighted by atomic mass is 16.5. The molecule has 3 N–H and O–H groups in total. The van der Waals surface area contributed by atoms with Crippen LogP contribution >= 0.6 is 0 Å². The summed E-state index contributed by atoms with van der Waals surface area (Å²) < 4.78 is 23.2. The molecule has 4 aromatic carbocycles. The number of hydrogen-bond donors (Lipinski definition) is 3. The number of ether oxygens (including phenoxy) is 4. The first-order valence-corrected chi connectivity index (χ1v) is 15.1. The van der Waals surface area contributed by atoms with E-state index in [-0.39, 0.29) is 25.5 Å². The van der Waals surface area contributed by atoms with Gasteiger partial charge >= 0.3 is 0 Å². The lowest BCUT2D eigenvalue weighted by Gasteiger charge is -2.30. The number of para-hydroxylation sites is 1. The molecule has 0 saturated heterocycles. The molecule has 0 bridgehead atoms. The average Bonchev–Trinajstić information content (AvgIpc) is 3.49. The molecule has 0 aromatic heterocycles. The average molecular weight is 622 g/mol. The molecule has 9 heteroatoms. The van der Waals surface area contributed by atoms with Gasteiger partial charge in [-0.1, -0.05) is 72.8 Å². The van der Waals surface area contributed by atoms with Gasteiger partial charge in [-0.25, -0.2) is 10.4 Å². The van der Waals surface area contributed by atoms with Gasteiger partial charge in [0.05, 0.1) is 20.8 Å². The SMILES string of the molecule is C=CC[C@]1(C(=O)NNCc2cccc(OC)c2OC)N=C(c2ccc(OCCCO)cc2)O[C@H]1c1ccc(-c2ccccc2)cc1. The maximum atomic E-state index is 14.2. The van der Waals surface area contributed by atoms with Crippen molar-refractivity contribution in [2.75, 3.05) is 27.4 Å². The highest BCUT2D eigenvalue weighted by molar-refractivity contribution is 6.01. The van der Waals surface area contributed by atoms with E-state index in [1.54, 1.807) is 20.3 Å². The van der Waals surface area contributed by atoms with E-state index in [0.717, 1.165) is 22.3 Å². The van der Waals surface area contributed by atoms with Crippen LogP contribution in [0.25, 0.3) is 11.1 Å². The van der Waals surface area contributed by atoms with Crippen molar-refractivity contribution in [2.45, 2.75) is 31.0 Å². The van der Waals surface area contributed by atoms with Crippen LogP contribution in [-0.2, 0) is 16.1 Å². The molecule has 1 heterocycles. The summed E-state index contributed by atoms with van der Waals surface area (Å²) in [6.07, 6.45) is 1.71. The molecule has 0 aliphatic carbocycles. The Morgan fingerprint density at radius 1 is 0.935 bits per heavy atom. The van der Waals surface area contributed by atoms with Crippen LogP contribution in [0.5, 0.6) is 17.2 Å². The third kappa shape index (κ3) is 7.06. The third-order valence-corrected chi connectivity index (χ3v) is 7.77. The number of methoxy groups -OCH3 is 2. The Kier molecular flexibility index (Phi) is 10.7. The van der Waals surface area contributed by atoms with E-state index in [9.17, 15) is 4.79 Å². The van der Waals surface area contributed by atoms with Crippen LogP contribution in [0.4, 0.5) is 0 Å². The fourth-order valence-corrected chi connectivity index (χ4v) is 5.44. The predicted octanol–water partition coefficient (Wildman–Crippen LogP) is 5.79. The van der Waals surface area contributed by atoms with Crippen molar-refractivity contribution in [2.24, 2.45) is 4.99 Å². The van der Waals surface area contributed by atoms with Crippen LogP contribution in [0, 0.1) is 0 Å². The van der Waals surface area contributed by atoms with Gasteiger partial charge in [0, 0.05) is 37.1 Å². The van der Waals surface area contributed by atoms with Gasteiger partial charge in [-0.3, -0.25) is 10.2 Å². The molecular weight excluding hydrogens is 582 g/mol. The number of rotatable bonds is 15. The molecule has 1 aliphatic heterocycles. The number of carbonyl (C=O) groups excluding carboxylic acids is 1. The summed E-state index contributed by atoms with van der Waals surface area (Å²) in [5, 5.41) is 9.05. The van der Waals surface area contributed by atoms with Gasteiger partial charge < -0.3 is 24.1 Å². The summed E-state index contributed by atoms with van der Waals surface area (Å²) in [6, 6.07) is 31.0. The second kappa shape index (κ2) is 15.2. The van der Waals surface area contributed by atoms with Crippen LogP contribution in [0.15, 0.2) is 115 Å². The first-order valence-electron chi connectivity index (χ1n) is 15.1. The molecular formula is C37H39N3O6. The number of benzene rings is 4. The lowest BCUT2D eigenvalue weighted by molar-refractivity contribution is -0.129. The van der Waals surface area contributed by atoms with Gasteiger partial charge in [-0.2, -0.15) is 0 Å².